The summed E-state index contributed by atoms with van der Waals surface area (Å²) in [5, 5.41) is 2.77. The number of benzene rings is 2. The zero-order valence-electron chi connectivity index (χ0n) is 15.0. The van der Waals surface area contributed by atoms with Crippen LogP contribution in [0, 0.1) is 0 Å². The predicted molar refractivity (Wildman–Crippen MR) is 100 cm³/mol. The molecule has 1 heterocycles. The number of carbonyl (C=O) groups excluding carboxylic acids is 3. The fourth-order valence-electron chi connectivity index (χ4n) is 3.53. The van der Waals surface area contributed by atoms with Gasteiger partial charge in [-0.15, -0.1) is 0 Å². The normalized spacial score (nSPS) is 16.6. The number of fused-ring (bicyclic) bond motifs is 1. The quantitative estimate of drug-likeness (QED) is 0.843. The van der Waals surface area contributed by atoms with Gasteiger partial charge in [-0.3, -0.25) is 19.3 Å². The van der Waals surface area contributed by atoms with Crippen molar-refractivity contribution in [2.45, 2.75) is 31.8 Å². The summed E-state index contributed by atoms with van der Waals surface area (Å²) in [5.74, 6) is -0.208. The predicted octanol–water partition coefficient (Wildman–Crippen LogP) is 3.49. The minimum atomic E-state index is -0.362. The Labute approximate surface area is 157 Å². The molecule has 1 saturated carbocycles. The van der Waals surface area contributed by atoms with E-state index >= 15 is 0 Å². The van der Waals surface area contributed by atoms with Crippen LogP contribution in [0.1, 0.15) is 56.8 Å². The van der Waals surface area contributed by atoms with E-state index in [1.54, 1.807) is 36.4 Å². The first-order valence-corrected chi connectivity index (χ1v) is 9.07. The summed E-state index contributed by atoms with van der Waals surface area (Å²) in [6, 6.07) is 11.8. The monoisotopic (exact) mass is 364 g/mol. The third-order valence-electron chi connectivity index (χ3n) is 5.07. The second-order valence-corrected chi connectivity index (χ2v) is 6.93. The van der Waals surface area contributed by atoms with Crippen LogP contribution in [0.25, 0.3) is 0 Å². The van der Waals surface area contributed by atoms with E-state index in [-0.39, 0.29) is 23.8 Å². The molecular weight excluding hydrogens is 344 g/mol. The summed E-state index contributed by atoms with van der Waals surface area (Å²) in [4.78, 5) is 37.5. The minimum Gasteiger partial charge on any atom is -0.490 e. The summed E-state index contributed by atoms with van der Waals surface area (Å²) in [6.07, 6.45) is 4.84. The van der Waals surface area contributed by atoms with Gasteiger partial charge in [0.25, 0.3) is 17.7 Å². The van der Waals surface area contributed by atoms with Crippen molar-refractivity contribution in [2.24, 2.45) is 0 Å². The number of carbonyl (C=O) groups is 3. The number of rotatable bonds is 4. The topological polar surface area (TPSA) is 75.7 Å². The van der Waals surface area contributed by atoms with Gasteiger partial charge in [0.15, 0.2) is 0 Å². The number of ether oxygens (including phenoxy) is 1. The molecule has 1 N–H and O–H groups in total. The van der Waals surface area contributed by atoms with Gasteiger partial charge in [-0.25, -0.2) is 0 Å². The van der Waals surface area contributed by atoms with Gasteiger partial charge in [0.2, 0.25) is 0 Å². The maximum absolute atomic E-state index is 12.5. The van der Waals surface area contributed by atoms with Crippen LogP contribution in [0.3, 0.4) is 0 Å². The summed E-state index contributed by atoms with van der Waals surface area (Å²) in [7, 11) is 1.44. The van der Waals surface area contributed by atoms with E-state index < -0.39 is 0 Å². The Morgan fingerprint density at radius 1 is 1.00 bits per heavy atom. The molecule has 6 heteroatoms. The Bertz CT molecular complexity index is 914. The second-order valence-electron chi connectivity index (χ2n) is 6.93. The average Bonchev–Trinajstić information content (AvgIpc) is 3.26. The largest absolute Gasteiger partial charge is 0.490 e. The first-order chi connectivity index (χ1) is 13.0. The molecule has 27 heavy (non-hydrogen) atoms. The third-order valence-corrected chi connectivity index (χ3v) is 5.07. The molecule has 3 amide bonds. The fourth-order valence-corrected chi connectivity index (χ4v) is 3.53. The van der Waals surface area contributed by atoms with Crippen molar-refractivity contribution in [1.82, 2.24) is 4.90 Å². The van der Waals surface area contributed by atoms with Gasteiger partial charge >= 0.3 is 0 Å². The fraction of sp³-hybridized carbons (Fsp3) is 0.286. The van der Waals surface area contributed by atoms with Crippen LogP contribution in [-0.2, 0) is 0 Å². The van der Waals surface area contributed by atoms with Crippen molar-refractivity contribution in [1.29, 1.82) is 0 Å². The van der Waals surface area contributed by atoms with E-state index in [1.165, 1.54) is 26.0 Å². The van der Waals surface area contributed by atoms with Gasteiger partial charge in [-0.1, -0.05) is 0 Å². The molecule has 1 aliphatic carbocycles. The first kappa shape index (κ1) is 17.3. The Hall–Kier alpha value is -3.15. The Morgan fingerprint density at radius 2 is 1.67 bits per heavy atom. The number of hydrogen-bond acceptors (Lipinski definition) is 4. The second kappa shape index (κ2) is 6.87. The Balaban J connectivity index is 1.45. The smallest absolute Gasteiger partial charge is 0.261 e. The molecule has 2 aromatic rings. The van der Waals surface area contributed by atoms with Crippen LogP contribution in [-0.4, -0.2) is 35.8 Å². The van der Waals surface area contributed by atoms with Gasteiger partial charge in [0.1, 0.15) is 5.75 Å². The van der Waals surface area contributed by atoms with E-state index in [1.807, 2.05) is 0 Å². The highest BCUT2D eigenvalue weighted by Gasteiger charge is 2.32. The zero-order valence-corrected chi connectivity index (χ0v) is 15.0. The molecule has 4 rings (SSSR count). The minimum absolute atomic E-state index is 0.273. The first-order valence-electron chi connectivity index (χ1n) is 9.07. The van der Waals surface area contributed by atoms with E-state index in [0.29, 0.717) is 22.4 Å². The highest BCUT2D eigenvalue weighted by molar-refractivity contribution is 6.21. The molecule has 0 saturated heterocycles. The number of amides is 3. The van der Waals surface area contributed by atoms with Crippen molar-refractivity contribution in [3.05, 3.63) is 59.2 Å². The lowest BCUT2D eigenvalue weighted by Crippen LogP contribution is -2.24. The maximum Gasteiger partial charge on any atom is 0.261 e. The lowest BCUT2D eigenvalue weighted by Gasteiger charge is -2.13. The lowest BCUT2D eigenvalue weighted by molar-refractivity contribution is 0.0692. The molecular formula is C21H20N2O4. The molecule has 138 valence electrons. The molecule has 1 fully saturated rings. The third kappa shape index (κ3) is 3.30. The van der Waals surface area contributed by atoms with Crippen LogP contribution >= 0.6 is 0 Å². The average molecular weight is 364 g/mol. The zero-order chi connectivity index (χ0) is 19.0. The molecule has 0 aromatic heterocycles. The van der Waals surface area contributed by atoms with Gasteiger partial charge in [0.05, 0.1) is 17.2 Å². The molecule has 6 nitrogen and oxygen atoms in total. The highest BCUT2D eigenvalue weighted by atomic mass is 16.5. The highest BCUT2D eigenvalue weighted by Crippen LogP contribution is 2.26. The van der Waals surface area contributed by atoms with E-state index in [2.05, 4.69) is 5.32 Å². The molecule has 2 aliphatic rings. The van der Waals surface area contributed by atoms with E-state index in [4.69, 9.17) is 4.74 Å². The summed E-state index contributed by atoms with van der Waals surface area (Å²) < 4.78 is 5.90. The molecule has 0 spiro atoms. The Kier molecular flexibility index (Phi) is 4.39. The van der Waals surface area contributed by atoms with Crippen molar-refractivity contribution in [3.63, 3.8) is 0 Å². The van der Waals surface area contributed by atoms with Crippen LogP contribution in [0.5, 0.6) is 5.75 Å². The van der Waals surface area contributed by atoms with Gasteiger partial charge in [0, 0.05) is 18.3 Å². The number of hydrogen-bond donors (Lipinski definition) is 1. The molecule has 2 aromatic carbocycles. The van der Waals surface area contributed by atoms with Crippen molar-refractivity contribution >= 4 is 23.4 Å². The molecule has 0 unspecified atom stereocenters. The molecule has 1 aliphatic heterocycles. The van der Waals surface area contributed by atoms with E-state index in [0.717, 1.165) is 23.5 Å². The summed E-state index contributed by atoms with van der Waals surface area (Å²) >= 11 is 0. The maximum atomic E-state index is 12.5. The van der Waals surface area contributed by atoms with Crippen LogP contribution in [0.15, 0.2) is 42.5 Å². The van der Waals surface area contributed by atoms with Gasteiger partial charge in [-0.05, 0) is 68.1 Å². The number of nitrogens with zero attached hydrogens (tertiary/aromatic N) is 1. The molecule has 0 bridgehead atoms. The SMILES string of the molecule is CN1C(=O)c2ccc(NC(=O)c3ccc(OC4CCCC4)cc3)cc2C1=O. The standard InChI is InChI=1S/C21H20N2O4/c1-23-20(25)17-11-8-14(12-18(17)21(23)26)22-19(24)13-6-9-16(10-7-13)27-15-4-2-3-5-15/h6-12,15H,2-5H2,1H3,(H,22,24). The molecule has 0 radical (unpaired) electrons. The Morgan fingerprint density at radius 3 is 2.37 bits per heavy atom. The van der Waals surface area contributed by atoms with Crippen molar-refractivity contribution < 1.29 is 19.1 Å². The number of nitrogens with one attached hydrogen (secondary N) is 1. The van der Waals surface area contributed by atoms with E-state index in [9.17, 15) is 14.4 Å². The number of imide groups is 1. The van der Waals surface area contributed by atoms with Crippen LogP contribution < -0.4 is 10.1 Å². The van der Waals surface area contributed by atoms with Crippen molar-refractivity contribution in [3.8, 4) is 5.75 Å². The van der Waals surface area contributed by atoms with Gasteiger partial charge < -0.3 is 10.1 Å². The van der Waals surface area contributed by atoms with Gasteiger partial charge in [-0.2, -0.15) is 0 Å². The summed E-state index contributed by atoms with van der Waals surface area (Å²) in [5.41, 5.74) is 1.63. The number of anilines is 1. The molecule has 0 atom stereocenters. The summed E-state index contributed by atoms with van der Waals surface area (Å²) in [6.45, 7) is 0. The van der Waals surface area contributed by atoms with Crippen LogP contribution in [0.4, 0.5) is 5.69 Å². The van der Waals surface area contributed by atoms with Crippen molar-refractivity contribution in [2.75, 3.05) is 12.4 Å². The lowest BCUT2D eigenvalue weighted by atomic mass is 10.1. The van der Waals surface area contributed by atoms with Crippen LogP contribution in [0.2, 0.25) is 0 Å².